The minimum atomic E-state index is 0.521. The molecular weight excluding hydrogens is 330 g/mol. The van der Waals surface area contributed by atoms with E-state index in [1.165, 1.54) is 20.9 Å². The summed E-state index contributed by atoms with van der Waals surface area (Å²) in [6.07, 6.45) is 2.24. The minimum Gasteiger partial charge on any atom is -0.379 e. The molecule has 0 atom stereocenters. The first kappa shape index (κ1) is 18.1. The summed E-state index contributed by atoms with van der Waals surface area (Å²) in [5, 5.41) is 4.81. The van der Waals surface area contributed by atoms with Gasteiger partial charge in [0.05, 0.1) is 22.9 Å². The van der Waals surface area contributed by atoms with Gasteiger partial charge in [-0.3, -0.25) is 0 Å². The number of rotatable bonds is 6. The van der Waals surface area contributed by atoms with Crippen LogP contribution in [0.4, 0.5) is 0 Å². The number of aromatic nitrogens is 3. The monoisotopic (exact) mass is 357 g/mol. The van der Waals surface area contributed by atoms with E-state index in [0.717, 1.165) is 35.6 Å². The first-order valence-electron chi connectivity index (χ1n) is 8.95. The summed E-state index contributed by atoms with van der Waals surface area (Å²) in [7, 11) is 1.74. The van der Waals surface area contributed by atoms with Gasteiger partial charge in [0.15, 0.2) is 5.65 Å². The molecule has 0 bridgehead atoms. The van der Waals surface area contributed by atoms with Gasteiger partial charge in [0.1, 0.15) is 5.69 Å². The lowest BCUT2D eigenvalue weighted by Gasteiger charge is -2.14. The van der Waals surface area contributed by atoms with Crippen LogP contribution in [0.5, 0.6) is 0 Å². The number of fused-ring (bicyclic) bond motifs is 1. The fourth-order valence-corrected chi connectivity index (χ4v) is 4.79. The van der Waals surface area contributed by atoms with E-state index in [-0.39, 0.29) is 0 Å². The molecule has 0 saturated heterocycles. The molecule has 3 aromatic heterocycles. The Hall–Kier alpha value is -1.72. The molecule has 0 saturated carbocycles. The van der Waals surface area contributed by atoms with E-state index in [4.69, 9.17) is 14.8 Å². The van der Waals surface area contributed by atoms with Crippen molar-refractivity contribution in [3.63, 3.8) is 0 Å². The highest BCUT2D eigenvalue weighted by Crippen LogP contribution is 2.37. The van der Waals surface area contributed by atoms with E-state index in [0.29, 0.717) is 12.5 Å². The van der Waals surface area contributed by atoms with Crippen molar-refractivity contribution in [3.8, 4) is 10.6 Å². The van der Waals surface area contributed by atoms with Crippen LogP contribution in [0.2, 0.25) is 0 Å². The predicted octanol–water partition coefficient (Wildman–Crippen LogP) is 5.43. The second-order valence-electron chi connectivity index (χ2n) is 6.69. The molecule has 25 heavy (non-hydrogen) atoms. The average Bonchev–Trinajstić information content (AvgIpc) is 3.08. The van der Waals surface area contributed by atoms with Gasteiger partial charge >= 0.3 is 0 Å². The lowest BCUT2D eigenvalue weighted by molar-refractivity contribution is 0.187. The van der Waals surface area contributed by atoms with E-state index < -0.39 is 0 Å². The van der Waals surface area contributed by atoms with Crippen LogP contribution >= 0.6 is 11.3 Å². The molecule has 0 unspecified atom stereocenters. The van der Waals surface area contributed by atoms with Gasteiger partial charge in [-0.1, -0.05) is 13.8 Å². The van der Waals surface area contributed by atoms with Crippen molar-refractivity contribution in [3.05, 3.63) is 39.5 Å². The van der Waals surface area contributed by atoms with Crippen molar-refractivity contribution >= 4 is 17.0 Å². The molecule has 0 aliphatic carbocycles. The van der Waals surface area contributed by atoms with E-state index >= 15 is 0 Å². The Morgan fingerprint density at radius 2 is 1.88 bits per heavy atom. The molecule has 0 aromatic carbocycles. The number of imidazole rings is 1. The SMILES string of the molecule is CCC(CC)c1cc(C)nn2c(-c3sc(COC)cc3C)c(C)nc12. The van der Waals surface area contributed by atoms with Crippen molar-refractivity contribution in [2.45, 2.75) is 60.0 Å². The van der Waals surface area contributed by atoms with Crippen LogP contribution in [0.15, 0.2) is 12.1 Å². The molecule has 3 heterocycles. The Labute approximate surface area is 153 Å². The van der Waals surface area contributed by atoms with Gasteiger partial charge in [0.25, 0.3) is 0 Å². The maximum atomic E-state index is 5.30. The van der Waals surface area contributed by atoms with Crippen LogP contribution in [0, 0.1) is 20.8 Å². The van der Waals surface area contributed by atoms with E-state index in [2.05, 4.69) is 51.3 Å². The topological polar surface area (TPSA) is 39.4 Å². The lowest BCUT2D eigenvalue weighted by atomic mass is 9.95. The normalized spacial score (nSPS) is 11.8. The Morgan fingerprint density at radius 3 is 2.52 bits per heavy atom. The average molecular weight is 358 g/mol. The first-order valence-corrected chi connectivity index (χ1v) is 9.77. The number of ether oxygens (including phenoxy) is 1. The Kier molecular flexibility index (Phi) is 5.25. The number of hydrogen-bond donors (Lipinski definition) is 0. The summed E-state index contributed by atoms with van der Waals surface area (Å²) in [5.74, 6) is 0.521. The zero-order valence-corrected chi connectivity index (χ0v) is 16.8. The van der Waals surface area contributed by atoms with Crippen molar-refractivity contribution in [1.29, 1.82) is 0 Å². The number of nitrogens with zero attached hydrogens (tertiary/aromatic N) is 3. The van der Waals surface area contributed by atoms with Crippen molar-refractivity contribution in [2.24, 2.45) is 0 Å². The fraction of sp³-hybridized carbons (Fsp3) is 0.500. The number of thiophene rings is 1. The smallest absolute Gasteiger partial charge is 0.158 e. The van der Waals surface area contributed by atoms with Crippen LogP contribution in [-0.4, -0.2) is 21.7 Å². The second-order valence-corrected chi connectivity index (χ2v) is 7.83. The molecule has 0 aliphatic rings. The lowest BCUT2D eigenvalue weighted by Crippen LogP contribution is -2.05. The zero-order chi connectivity index (χ0) is 18.1. The third-order valence-corrected chi connectivity index (χ3v) is 6.02. The molecule has 0 aliphatic heterocycles. The Bertz CT molecular complexity index is 890. The first-order chi connectivity index (χ1) is 12.0. The van der Waals surface area contributed by atoms with Crippen LogP contribution < -0.4 is 0 Å². The van der Waals surface area contributed by atoms with Gasteiger partial charge < -0.3 is 4.74 Å². The molecule has 0 spiro atoms. The number of aryl methyl sites for hydroxylation is 3. The second kappa shape index (κ2) is 7.26. The molecule has 134 valence electrons. The van der Waals surface area contributed by atoms with Gasteiger partial charge in [0, 0.05) is 17.6 Å². The van der Waals surface area contributed by atoms with Gasteiger partial charge in [-0.05, 0) is 57.2 Å². The van der Waals surface area contributed by atoms with Gasteiger partial charge in [-0.25, -0.2) is 9.50 Å². The molecular formula is C20H27N3OS. The fourth-order valence-electron chi connectivity index (χ4n) is 3.56. The molecule has 0 amide bonds. The summed E-state index contributed by atoms with van der Waals surface area (Å²) in [4.78, 5) is 7.39. The standard InChI is InChI=1S/C20H27N3OS/c1-7-15(8-2)17-10-13(4)22-23-18(14(5)21-20(17)23)19-12(3)9-16(25-19)11-24-6/h9-10,15H,7-8,11H2,1-6H3. The van der Waals surface area contributed by atoms with Gasteiger partial charge in [-0.15, -0.1) is 11.3 Å². The van der Waals surface area contributed by atoms with Crippen LogP contribution in [-0.2, 0) is 11.3 Å². The maximum Gasteiger partial charge on any atom is 0.158 e. The maximum absolute atomic E-state index is 5.30. The van der Waals surface area contributed by atoms with Crippen LogP contribution in [0.3, 0.4) is 0 Å². The molecule has 3 rings (SSSR count). The van der Waals surface area contributed by atoms with E-state index in [9.17, 15) is 0 Å². The predicted molar refractivity (Wildman–Crippen MR) is 105 cm³/mol. The molecule has 3 aromatic rings. The summed E-state index contributed by atoms with van der Waals surface area (Å²) in [6.45, 7) is 11.5. The van der Waals surface area contributed by atoms with Crippen LogP contribution in [0.25, 0.3) is 16.2 Å². The summed E-state index contributed by atoms with van der Waals surface area (Å²) < 4.78 is 7.37. The third kappa shape index (κ3) is 3.23. The quantitative estimate of drug-likeness (QED) is 0.590. The number of hydrogen-bond acceptors (Lipinski definition) is 4. The van der Waals surface area contributed by atoms with Crippen molar-refractivity contribution in [1.82, 2.24) is 14.6 Å². The van der Waals surface area contributed by atoms with Crippen molar-refractivity contribution in [2.75, 3.05) is 7.11 Å². The molecule has 5 heteroatoms. The van der Waals surface area contributed by atoms with Gasteiger partial charge in [0.2, 0.25) is 0 Å². The Balaban J connectivity index is 2.25. The largest absolute Gasteiger partial charge is 0.379 e. The molecule has 0 radical (unpaired) electrons. The summed E-state index contributed by atoms with van der Waals surface area (Å²) in [6, 6.07) is 4.42. The minimum absolute atomic E-state index is 0.521. The summed E-state index contributed by atoms with van der Waals surface area (Å²) >= 11 is 1.78. The highest BCUT2D eigenvalue weighted by molar-refractivity contribution is 7.15. The zero-order valence-electron chi connectivity index (χ0n) is 16.0. The van der Waals surface area contributed by atoms with Crippen molar-refractivity contribution < 1.29 is 4.74 Å². The number of methoxy groups -OCH3 is 1. The Morgan fingerprint density at radius 1 is 1.16 bits per heavy atom. The van der Waals surface area contributed by atoms with Gasteiger partial charge in [-0.2, -0.15) is 5.10 Å². The molecule has 0 N–H and O–H groups in total. The molecule has 4 nitrogen and oxygen atoms in total. The third-order valence-electron chi connectivity index (χ3n) is 4.80. The van der Waals surface area contributed by atoms with E-state index in [1.807, 2.05) is 0 Å². The molecule has 0 fully saturated rings. The van der Waals surface area contributed by atoms with Crippen LogP contribution in [0.1, 0.15) is 60.0 Å². The van der Waals surface area contributed by atoms with E-state index in [1.54, 1.807) is 18.4 Å². The summed E-state index contributed by atoms with van der Waals surface area (Å²) in [5.41, 5.74) is 6.79. The highest BCUT2D eigenvalue weighted by atomic mass is 32.1. The highest BCUT2D eigenvalue weighted by Gasteiger charge is 2.21.